The monoisotopic (exact) mass is 239 g/mol. The van der Waals surface area contributed by atoms with Gasteiger partial charge < -0.3 is 5.32 Å². The number of nitrogens with one attached hydrogen (secondary N) is 1. The molecule has 0 aliphatic carbocycles. The molecule has 1 unspecified atom stereocenters. The molecule has 0 aromatic carbocycles. The van der Waals surface area contributed by atoms with Gasteiger partial charge in [-0.05, 0) is 31.0 Å². The average molecular weight is 239 g/mol. The van der Waals surface area contributed by atoms with Crippen LogP contribution in [-0.4, -0.2) is 7.05 Å². The third-order valence-electron chi connectivity index (χ3n) is 2.70. The minimum absolute atomic E-state index is 0.551. The first kappa shape index (κ1) is 11.1. The van der Waals surface area contributed by atoms with Crippen LogP contribution >= 0.6 is 22.7 Å². The molecule has 1 nitrogen and oxygen atoms in total. The van der Waals surface area contributed by atoms with Crippen molar-refractivity contribution in [3.05, 3.63) is 22.4 Å². The average Bonchev–Trinajstić information content (AvgIpc) is 2.79. The summed E-state index contributed by atoms with van der Waals surface area (Å²) in [6, 6.07) is 5.12. The van der Waals surface area contributed by atoms with Crippen LogP contribution in [0.4, 0.5) is 0 Å². The Labute approximate surface area is 99.1 Å². The van der Waals surface area contributed by atoms with Gasteiger partial charge in [0, 0.05) is 20.3 Å². The van der Waals surface area contributed by atoms with Crippen molar-refractivity contribution in [1.82, 2.24) is 5.32 Å². The first-order valence-corrected chi connectivity index (χ1v) is 7.19. The zero-order valence-electron chi connectivity index (χ0n) is 9.25. The lowest BCUT2D eigenvalue weighted by Crippen LogP contribution is -2.14. The predicted molar refractivity (Wildman–Crippen MR) is 71.0 cm³/mol. The van der Waals surface area contributed by atoms with Crippen LogP contribution in [0.25, 0.3) is 9.40 Å². The van der Waals surface area contributed by atoms with Gasteiger partial charge in [-0.3, -0.25) is 0 Å². The van der Waals surface area contributed by atoms with Crippen molar-refractivity contribution in [2.75, 3.05) is 7.05 Å². The molecule has 1 atom stereocenters. The highest BCUT2D eigenvalue weighted by Gasteiger charge is 2.12. The molecule has 0 aliphatic heterocycles. The van der Waals surface area contributed by atoms with Crippen LogP contribution in [0, 0.1) is 0 Å². The molecule has 0 bridgehead atoms. The molecule has 82 valence electrons. The molecule has 0 aliphatic rings. The minimum atomic E-state index is 0.551. The Morgan fingerprint density at radius 2 is 2.27 bits per heavy atom. The summed E-state index contributed by atoms with van der Waals surface area (Å²) >= 11 is 3.78. The standard InChI is InChI=1S/C12H17NS2/c1-3-4-5-9(13-2)11-8-12-10(15-11)6-7-14-12/h6-9,13H,3-5H2,1-2H3. The van der Waals surface area contributed by atoms with Gasteiger partial charge in [0.1, 0.15) is 0 Å². The summed E-state index contributed by atoms with van der Waals surface area (Å²) in [6.45, 7) is 2.25. The SMILES string of the molecule is CCCCC(NC)c1cc2sccc2s1. The lowest BCUT2D eigenvalue weighted by atomic mass is 10.1. The summed E-state index contributed by atoms with van der Waals surface area (Å²) in [7, 11) is 2.06. The highest BCUT2D eigenvalue weighted by Crippen LogP contribution is 2.34. The fraction of sp³-hybridized carbons (Fsp3) is 0.500. The lowest BCUT2D eigenvalue weighted by molar-refractivity contribution is 0.530. The molecule has 1 N–H and O–H groups in total. The second-order valence-electron chi connectivity index (χ2n) is 3.78. The number of fused-ring (bicyclic) bond motifs is 1. The normalized spacial score (nSPS) is 13.5. The lowest BCUT2D eigenvalue weighted by Gasteiger charge is -2.13. The molecular weight excluding hydrogens is 222 g/mol. The van der Waals surface area contributed by atoms with E-state index in [2.05, 4.69) is 36.8 Å². The third kappa shape index (κ3) is 2.41. The van der Waals surface area contributed by atoms with Crippen molar-refractivity contribution < 1.29 is 0 Å². The molecule has 0 saturated carbocycles. The first-order chi connectivity index (χ1) is 7.35. The van der Waals surface area contributed by atoms with Crippen LogP contribution in [-0.2, 0) is 0 Å². The molecule has 2 aromatic heterocycles. The summed E-state index contributed by atoms with van der Waals surface area (Å²) < 4.78 is 2.87. The summed E-state index contributed by atoms with van der Waals surface area (Å²) in [6.07, 6.45) is 3.83. The smallest absolute Gasteiger partial charge is 0.0454 e. The molecule has 2 aromatic rings. The summed E-state index contributed by atoms with van der Waals surface area (Å²) in [5.41, 5.74) is 0. The quantitative estimate of drug-likeness (QED) is 0.814. The zero-order valence-corrected chi connectivity index (χ0v) is 10.9. The Kier molecular flexibility index (Phi) is 3.78. The first-order valence-electron chi connectivity index (χ1n) is 5.49. The van der Waals surface area contributed by atoms with E-state index in [1.54, 1.807) is 0 Å². The maximum atomic E-state index is 3.42. The summed E-state index contributed by atoms with van der Waals surface area (Å²) in [5, 5.41) is 5.59. The fourth-order valence-electron chi connectivity index (χ4n) is 1.79. The fourth-order valence-corrected chi connectivity index (χ4v) is 4.06. The molecule has 15 heavy (non-hydrogen) atoms. The van der Waals surface area contributed by atoms with E-state index in [-0.39, 0.29) is 0 Å². The van der Waals surface area contributed by atoms with Crippen LogP contribution in [0.3, 0.4) is 0 Å². The Morgan fingerprint density at radius 1 is 1.40 bits per heavy atom. The minimum Gasteiger partial charge on any atom is -0.312 e. The zero-order chi connectivity index (χ0) is 10.7. The van der Waals surface area contributed by atoms with Crippen molar-refractivity contribution >= 4 is 32.1 Å². The Morgan fingerprint density at radius 3 is 2.93 bits per heavy atom. The maximum absolute atomic E-state index is 3.42. The summed E-state index contributed by atoms with van der Waals surface area (Å²) in [5.74, 6) is 0. The number of hydrogen-bond donors (Lipinski definition) is 1. The van der Waals surface area contributed by atoms with E-state index in [1.807, 2.05) is 22.7 Å². The van der Waals surface area contributed by atoms with Crippen LogP contribution < -0.4 is 5.32 Å². The molecule has 2 rings (SSSR count). The van der Waals surface area contributed by atoms with Gasteiger partial charge >= 0.3 is 0 Å². The van der Waals surface area contributed by atoms with Gasteiger partial charge in [-0.25, -0.2) is 0 Å². The van der Waals surface area contributed by atoms with Crippen LogP contribution in [0.5, 0.6) is 0 Å². The second-order valence-corrected chi connectivity index (χ2v) is 5.84. The molecular formula is C12H17NS2. The van der Waals surface area contributed by atoms with Crippen molar-refractivity contribution in [3.63, 3.8) is 0 Å². The van der Waals surface area contributed by atoms with Gasteiger partial charge in [0.25, 0.3) is 0 Å². The van der Waals surface area contributed by atoms with E-state index in [0.717, 1.165) is 0 Å². The maximum Gasteiger partial charge on any atom is 0.0454 e. The van der Waals surface area contributed by atoms with Crippen molar-refractivity contribution in [1.29, 1.82) is 0 Å². The third-order valence-corrected chi connectivity index (χ3v) is 4.90. The van der Waals surface area contributed by atoms with Gasteiger partial charge in [0.2, 0.25) is 0 Å². The molecule has 0 amide bonds. The molecule has 0 spiro atoms. The van der Waals surface area contributed by atoms with Gasteiger partial charge in [0.05, 0.1) is 0 Å². The van der Waals surface area contributed by atoms with E-state index in [1.165, 1.54) is 33.5 Å². The molecule has 0 fully saturated rings. The highest BCUT2D eigenvalue weighted by molar-refractivity contribution is 7.26. The van der Waals surface area contributed by atoms with Crippen LogP contribution in [0.1, 0.15) is 37.1 Å². The summed E-state index contributed by atoms with van der Waals surface area (Å²) in [4.78, 5) is 1.49. The topological polar surface area (TPSA) is 12.0 Å². The Hall–Kier alpha value is -0.380. The van der Waals surface area contributed by atoms with Gasteiger partial charge in [0.15, 0.2) is 0 Å². The molecule has 0 saturated heterocycles. The van der Waals surface area contributed by atoms with E-state index < -0.39 is 0 Å². The number of hydrogen-bond acceptors (Lipinski definition) is 3. The van der Waals surface area contributed by atoms with E-state index in [9.17, 15) is 0 Å². The van der Waals surface area contributed by atoms with Crippen molar-refractivity contribution in [3.8, 4) is 0 Å². The van der Waals surface area contributed by atoms with Crippen molar-refractivity contribution in [2.24, 2.45) is 0 Å². The van der Waals surface area contributed by atoms with Crippen LogP contribution in [0.2, 0.25) is 0 Å². The number of rotatable bonds is 5. The Balaban J connectivity index is 2.16. The van der Waals surface area contributed by atoms with Crippen molar-refractivity contribution in [2.45, 2.75) is 32.2 Å². The largest absolute Gasteiger partial charge is 0.312 e. The van der Waals surface area contributed by atoms with E-state index >= 15 is 0 Å². The molecule has 3 heteroatoms. The second kappa shape index (κ2) is 5.10. The van der Waals surface area contributed by atoms with Gasteiger partial charge in [-0.1, -0.05) is 19.8 Å². The number of unbranched alkanes of at least 4 members (excludes halogenated alkanes) is 1. The van der Waals surface area contributed by atoms with Gasteiger partial charge in [-0.15, -0.1) is 22.7 Å². The number of thiophene rings is 2. The highest BCUT2D eigenvalue weighted by atomic mass is 32.1. The van der Waals surface area contributed by atoms with Gasteiger partial charge in [-0.2, -0.15) is 0 Å². The predicted octanol–water partition coefficient (Wildman–Crippen LogP) is 4.41. The van der Waals surface area contributed by atoms with Crippen LogP contribution in [0.15, 0.2) is 17.5 Å². The van der Waals surface area contributed by atoms with E-state index in [4.69, 9.17) is 0 Å². The molecule has 2 heterocycles. The molecule has 0 radical (unpaired) electrons. The van der Waals surface area contributed by atoms with E-state index in [0.29, 0.717) is 6.04 Å². The Bertz CT molecular complexity index is 387.